The van der Waals surface area contributed by atoms with Gasteiger partial charge in [0.1, 0.15) is 5.82 Å². The first-order chi connectivity index (χ1) is 15.7. The summed E-state index contributed by atoms with van der Waals surface area (Å²) in [6.45, 7) is 4.36. The van der Waals surface area contributed by atoms with E-state index in [1.54, 1.807) is 4.90 Å². The molecule has 1 aliphatic rings. The van der Waals surface area contributed by atoms with Crippen LogP contribution in [0.2, 0.25) is 0 Å². The monoisotopic (exact) mass is 476 g/mol. The summed E-state index contributed by atoms with van der Waals surface area (Å²) in [6, 6.07) is 10.3. The Labute approximate surface area is 193 Å². The maximum atomic E-state index is 12.8. The molecule has 0 radical (unpaired) electrons. The van der Waals surface area contributed by atoms with Crippen molar-refractivity contribution in [2.45, 2.75) is 26.1 Å². The zero-order chi connectivity index (χ0) is 23.6. The number of anilines is 1. The van der Waals surface area contributed by atoms with Gasteiger partial charge in [-0.3, -0.25) is 14.5 Å². The molecule has 0 saturated carbocycles. The van der Waals surface area contributed by atoms with Gasteiger partial charge in [-0.1, -0.05) is 23.8 Å². The minimum Gasteiger partial charge on any atom is -0.353 e. The Hall–Kier alpha value is -3.21. The number of hydrogen-bond donors (Lipinski definition) is 1. The van der Waals surface area contributed by atoms with Crippen LogP contribution in [-0.4, -0.2) is 56.7 Å². The maximum absolute atomic E-state index is 12.8. The van der Waals surface area contributed by atoms with Gasteiger partial charge < -0.3 is 9.80 Å². The zero-order valence-corrected chi connectivity index (χ0v) is 18.8. The van der Waals surface area contributed by atoms with Crippen molar-refractivity contribution in [3.63, 3.8) is 0 Å². The lowest BCUT2D eigenvalue weighted by Gasteiger charge is -2.35. The van der Waals surface area contributed by atoms with E-state index < -0.39 is 11.7 Å². The first kappa shape index (κ1) is 23.0. The average molecular weight is 477 g/mol. The Morgan fingerprint density at radius 2 is 1.91 bits per heavy atom. The van der Waals surface area contributed by atoms with Crippen molar-refractivity contribution in [2.75, 3.05) is 31.1 Å². The minimum atomic E-state index is -4.41. The number of rotatable bonds is 5. The maximum Gasteiger partial charge on any atom is 0.417 e. The van der Waals surface area contributed by atoms with Crippen LogP contribution in [0.15, 0.2) is 42.6 Å². The van der Waals surface area contributed by atoms with E-state index in [-0.39, 0.29) is 12.3 Å². The first-order valence-electron chi connectivity index (χ1n) is 10.5. The van der Waals surface area contributed by atoms with Crippen molar-refractivity contribution in [1.82, 2.24) is 24.6 Å². The number of aromatic amines is 1. The third-order valence-corrected chi connectivity index (χ3v) is 5.93. The fourth-order valence-corrected chi connectivity index (χ4v) is 4.04. The van der Waals surface area contributed by atoms with Crippen LogP contribution in [-0.2, 0) is 17.5 Å². The third kappa shape index (κ3) is 5.24. The second-order valence-electron chi connectivity index (χ2n) is 7.89. The summed E-state index contributed by atoms with van der Waals surface area (Å²) < 4.78 is 40.5. The number of alkyl halides is 3. The highest BCUT2D eigenvalue weighted by atomic mass is 32.1. The van der Waals surface area contributed by atoms with Crippen molar-refractivity contribution in [3.8, 4) is 11.4 Å². The van der Waals surface area contributed by atoms with E-state index >= 15 is 0 Å². The number of halogens is 3. The van der Waals surface area contributed by atoms with Crippen molar-refractivity contribution >= 4 is 23.9 Å². The molecule has 3 heterocycles. The molecule has 7 nitrogen and oxygen atoms in total. The largest absolute Gasteiger partial charge is 0.417 e. The quantitative estimate of drug-likeness (QED) is 0.563. The van der Waals surface area contributed by atoms with Gasteiger partial charge in [-0.15, -0.1) is 0 Å². The van der Waals surface area contributed by atoms with E-state index in [9.17, 15) is 18.0 Å². The molecule has 11 heteroatoms. The van der Waals surface area contributed by atoms with Gasteiger partial charge in [0.2, 0.25) is 5.91 Å². The van der Waals surface area contributed by atoms with Gasteiger partial charge in [-0.05, 0) is 37.3 Å². The topological polar surface area (TPSA) is 70.1 Å². The highest BCUT2D eigenvalue weighted by Gasteiger charge is 2.31. The lowest BCUT2D eigenvalue weighted by atomic mass is 10.1. The molecule has 1 fully saturated rings. The Kier molecular flexibility index (Phi) is 6.50. The number of nitrogens with zero attached hydrogens (tertiary/aromatic N) is 5. The predicted molar refractivity (Wildman–Crippen MR) is 120 cm³/mol. The molecule has 0 spiro atoms. The standard InChI is InChI=1S/C22H23F3N6OS/c1-15-3-2-4-16(13-15)20-27-28-21(33)31(20)8-7-19(32)30-11-9-29(10-12-30)18-6-5-17(14-26-18)22(23,24)25/h2-6,13-14H,7-12H2,1H3,(H,28,33). The number of pyridine rings is 1. The Morgan fingerprint density at radius 1 is 1.15 bits per heavy atom. The molecule has 3 aromatic rings. The number of H-pyrrole nitrogens is 1. The zero-order valence-electron chi connectivity index (χ0n) is 18.0. The predicted octanol–water partition coefficient (Wildman–Crippen LogP) is 4.07. The number of carbonyl (C=O) groups excluding carboxylic acids is 1. The molecule has 1 saturated heterocycles. The highest BCUT2D eigenvalue weighted by Crippen LogP contribution is 2.29. The van der Waals surface area contributed by atoms with Crippen LogP contribution in [0, 0.1) is 11.7 Å². The number of carbonyl (C=O) groups is 1. The molecule has 0 aliphatic carbocycles. The van der Waals surface area contributed by atoms with E-state index in [0.717, 1.165) is 23.4 Å². The molecule has 0 atom stereocenters. The molecule has 1 N–H and O–H groups in total. The second-order valence-corrected chi connectivity index (χ2v) is 8.28. The van der Waals surface area contributed by atoms with E-state index in [1.807, 2.05) is 40.7 Å². The smallest absolute Gasteiger partial charge is 0.353 e. The Morgan fingerprint density at radius 3 is 2.55 bits per heavy atom. The second kappa shape index (κ2) is 9.34. The van der Waals surface area contributed by atoms with Crippen LogP contribution >= 0.6 is 12.2 Å². The minimum absolute atomic E-state index is 0.00618. The summed E-state index contributed by atoms with van der Waals surface area (Å²) in [5, 5.41) is 7.12. The fourth-order valence-electron chi connectivity index (χ4n) is 3.82. The van der Waals surface area contributed by atoms with Crippen LogP contribution in [0.1, 0.15) is 17.5 Å². The molecule has 1 aliphatic heterocycles. The van der Waals surface area contributed by atoms with Crippen molar-refractivity contribution < 1.29 is 18.0 Å². The van der Waals surface area contributed by atoms with Gasteiger partial charge in [0.25, 0.3) is 0 Å². The molecule has 0 bridgehead atoms. The fraction of sp³-hybridized carbons (Fsp3) is 0.364. The molecule has 174 valence electrons. The van der Waals surface area contributed by atoms with Crippen molar-refractivity contribution in [3.05, 3.63) is 58.5 Å². The van der Waals surface area contributed by atoms with Gasteiger partial charge in [-0.25, -0.2) is 4.98 Å². The number of aromatic nitrogens is 4. The van der Waals surface area contributed by atoms with Gasteiger partial charge in [0.05, 0.1) is 5.56 Å². The number of amides is 1. The normalized spacial score (nSPS) is 14.5. The molecule has 1 aromatic carbocycles. The third-order valence-electron chi connectivity index (χ3n) is 5.62. The summed E-state index contributed by atoms with van der Waals surface area (Å²) in [5.41, 5.74) is 1.25. The van der Waals surface area contributed by atoms with E-state index in [4.69, 9.17) is 12.2 Å². The Balaban J connectivity index is 1.34. The lowest BCUT2D eigenvalue weighted by molar-refractivity contribution is -0.138. The number of benzene rings is 1. The van der Waals surface area contributed by atoms with Gasteiger partial charge >= 0.3 is 6.18 Å². The number of piperazine rings is 1. The summed E-state index contributed by atoms with van der Waals surface area (Å²) in [4.78, 5) is 20.4. The summed E-state index contributed by atoms with van der Waals surface area (Å²) in [6.07, 6.45) is -3.30. The highest BCUT2D eigenvalue weighted by molar-refractivity contribution is 7.71. The molecule has 33 heavy (non-hydrogen) atoms. The van der Waals surface area contributed by atoms with E-state index in [0.29, 0.717) is 49.1 Å². The first-order valence-corrected chi connectivity index (χ1v) is 10.9. The van der Waals surface area contributed by atoms with Crippen LogP contribution in [0.3, 0.4) is 0 Å². The molecule has 4 rings (SSSR count). The van der Waals surface area contributed by atoms with Crippen LogP contribution in [0.4, 0.5) is 19.0 Å². The molecule has 1 amide bonds. The lowest BCUT2D eigenvalue weighted by Crippen LogP contribution is -2.49. The Bertz CT molecular complexity index is 1180. The van der Waals surface area contributed by atoms with Gasteiger partial charge in [0.15, 0.2) is 10.6 Å². The van der Waals surface area contributed by atoms with Crippen LogP contribution in [0.25, 0.3) is 11.4 Å². The van der Waals surface area contributed by atoms with Crippen LogP contribution in [0.5, 0.6) is 0 Å². The number of aryl methyl sites for hydroxylation is 1. The average Bonchev–Trinajstić information content (AvgIpc) is 3.17. The SMILES string of the molecule is Cc1cccc(-c2n[nH]c(=S)n2CCC(=O)N2CCN(c3ccc(C(F)(F)F)cn3)CC2)c1. The molecular formula is C22H23F3N6OS. The van der Waals surface area contributed by atoms with Crippen molar-refractivity contribution in [2.24, 2.45) is 0 Å². The van der Waals surface area contributed by atoms with Gasteiger partial charge in [0, 0.05) is 50.9 Å². The summed E-state index contributed by atoms with van der Waals surface area (Å²) in [7, 11) is 0. The number of hydrogen-bond acceptors (Lipinski definition) is 5. The molecular weight excluding hydrogens is 453 g/mol. The molecule has 2 aromatic heterocycles. The number of nitrogens with one attached hydrogen (secondary N) is 1. The van der Waals surface area contributed by atoms with E-state index in [1.165, 1.54) is 6.07 Å². The van der Waals surface area contributed by atoms with Crippen molar-refractivity contribution in [1.29, 1.82) is 0 Å². The van der Waals surface area contributed by atoms with E-state index in [2.05, 4.69) is 15.2 Å². The molecule has 0 unspecified atom stereocenters. The van der Waals surface area contributed by atoms with Crippen LogP contribution < -0.4 is 4.90 Å². The summed E-state index contributed by atoms with van der Waals surface area (Å²) >= 11 is 5.35. The summed E-state index contributed by atoms with van der Waals surface area (Å²) in [5.74, 6) is 1.16. The van der Waals surface area contributed by atoms with Gasteiger partial charge in [-0.2, -0.15) is 18.3 Å².